The molecule has 1 amide bonds. The number of ether oxygens (including phenoxy) is 2. The summed E-state index contributed by atoms with van der Waals surface area (Å²) in [5, 5.41) is 3.29. The van der Waals surface area contributed by atoms with Crippen LogP contribution in [0.1, 0.15) is 27.2 Å². The molecule has 1 atom stereocenters. The van der Waals surface area contributed by atoms with Crippen LogP contribution in [0.25, 0.3) is 0 Å². The number of hydrogen-bond donors (Lipinski definition) is 1. The molecule has 0 aliphatic carbocycles. The van der Waals surface area contributed by atoms with Crippen molar-refractivity contribution in [1.29, 1.82) is 0 Å². The Labute approximate surface area is 102 Å². The first-order chi connectivity index (χ1) is 7.90. The van der Waals surface area contributed by atoms with Gasteiger partial charge in [-0.3, -0.25) is 0 Å². The molecule has 5 heteroatoms. The van der Waals surface area contributed by atoms with Crippen molar-refractivity contribution >= 4 is 6.09 Å². The van der Waals surface area contributed by atoms with Crippen LogP contribution in [0, 0.1) is 0 Å². The maximum atomic E-state index is 12.0. The number of carbonyl (C=O) groups excluding carboxylic acids is 1. The fourth-order valence-corrected chi connectivity index (χ4v) is 2.31. The van der Waals surface area contributed by atoms with Gasteiger partial charge in [-0.1, -0.05) is 0 Å². The van der Waals surface area contributed by atoms with E-state index in [0.29, 0.717) is 19.7 Å². The molecule has 0 saturated carbocycles. The fourth-order valence-electron chi connectivity index (χ4n) is 2.31. The zero-order chi connectivity index (χ0) is 12.5. The van der Waals surface area contributed by atoms with Gasteiger partial charge in [-0.15, -0.1) is 0 Å². The van der Waals surface area contributed by atoms with Crippen molar-refractivity contribution in [3.63, 3.8) is 0 Å². The Morgan fingerprint density at radius 3 is 2.82 bits per heavy atom. The topological polar surface area (TPSA) is 50.8 Å². The number of carbonyl (C=O) groups is 1. The van der Waals surface area contributed by atoms with Gasteiger partial charge in [0, 0.05) is 13.1 Å². The quantitative estimate of drug-likeness (QED) is 0.688. The van der Waals surface area contributed by atoms with E-state index in [0.717, 1.165) is 19.5 Å². The highest BCUT2D eigenvalue weighted by Crippen LogP contribution is 2.25. The lowest BCUT2D eigenvalue weighted by Crippen LogP contribution is -2.55. The van der Waals surface area contributed by atoms with Gasteiger partial charge in [0.1, 0.15) is 5.60 Å². The standard InChI is InChI=1S/C12H22N2O3/c1-11(2,3)17-10(15)14-6-7-16-12(9-14)4-5-13-8-12/h13H,4-9H2,1-3H3/t12-/m0/s1. The molecule has 0 bridgehead atoms. The Morgan fingerprint density at radius 1 is 1.47 bits per heavy atom. The second kappa shape index (κ2) is 4.46. The van der Waals surface area contributed by atoms with Crippen molar-refractivity contribution in [2.75, 3.05) is 32.8 Å². The highest BCUT2D eigenvalue weighted by atomic mass is 16.6. The number of hydrogen-bond acceptors (Lipinski definition) is 4. The lowest BCUT2D eigenvalue weighted by Gasteiger charge is -2.40. The van der Waals surface area contributed by atoms with Gasteiger partial charge in [-0.25, -0.2) is 4.79 Å². The summed E-state index contributed by atoms with van der Waals surface area (Å²) in [5.74, 6) is 0. The van der Waals surface area contributed by atoms with Crippen molar-refractivity contribution in [2.24, 2.45) is 0 Å². The molecule has 2 fully saturated rings. The molecular weight excluding hydrogens is 220 g/mol. The van der Waals surface area contributed by atoms with E-state index in [-0.39, 0.29) is 11.7 Å². The molecule has 2 aliphatic heterocycles. The summed E-state index contributed by atoms with van der Waals surface area (Å²) in [5.41, 5.74) is -0.619. The van der Waals surface area contributed by atoms with Crippen LogP contribution in [0.5, 0.6) is 0 Å². The molecular formula is C12H22N2O3. The van der Waals surface area contributed by atoms with Gasteiger partial charge in [0.05, 0.1) is 18.8 Å². The van der Waals surface area contributed by atoms with Crippen LogP contribution >= 0.6 is 0 Å². The van der Waals surface area contributed by atoms with E-state index in [1.807, 2.05) is 20.8 Å². The van der Waals surface area contributed by atoms with Gasteiger partial charge < -0.3 is 19.7 Å². The molecule has 2 rings (SSSR count). The third-order valence-electron chi connectivity index (χ3n) is 3.10. The Bertz CT molecular complexity index is 293. The first kappa shape index (κ1) is 12.6. The largest absolute Gasteiger partial charge is 0.444 e. The summed E-state index contributed by atoms with van der Waals surface area (Å²) < 4.78 is 11.2. The van der Waals surface area contributed by atoms with Crippen LogP contribution in [-0.4, -0.2) is 55.0 Å². The minimum Gasteiger partial charge on any atom is -0.444 e. The van der Waals surface area contributed by atoms with Crippen molar-refractivity contribution in [1.82, 2.24) is 10.2 Å². The fraction of sp³-hybridized carbons (Fsp3) is 0.917. The lowest BCUT2D eigenvalue weighted by molar-refractivity contribution is -0.0967. The summed E-state index contributed by atoms with van der Waals surface area (Å²) >= 11 is 0. The number of nitrogens with zero attached hydrogens (tertiary/aromatic N) is 1. The molecule has 0 unspecified atom stereocenters. The maximum Gasteiger partial charge on any atom is 0.410 e. The van der Waals surface area contributed by atoms with Crippen LogP contribution in [0.15, 0.2) is 0 Å². The molecule has 0 radical (unpaired) electrons. The number of rotatable bonds is 0. The lowest BCUT2D eigenvalue weighted by atomic mass is 10.0. The summed E-state index contributed by atoms with van der Waals surface area (Å²) in [7, 11) is 0. The number of nitrogens with one attached hydrogen (secondary N) is 1. The van der Waals surface area contributed by atoms with E-state index in [2.05, 4.69) is 5.32 Å². The van der Waals surface area contributed by atoms with Crippen molar-refractivity contribution < 1.29 is 14.3 Å². The third-order valence-corrected chi connectivity index (χ3v) is 3.10. The molecule has 2 heterocycles. The van der Waals surface area contributed by atoms with Crippen molar-refractivity contribution in [3.05, 3.63) is 0 Å². The first-order valence-corrected chi connectivity index (χ1v) is 6.23. The Hall–Kier alpha value is -0.810. The van der Waals surface area contributed by atoms with E-state index in [4.69, 9.17) is 9.47 Å². The molecule has 0 aromatic carbocycles. The molecule has 17 heavy (non-hydrogen) atoms. The van der Waals surface area contributed by atoms with Gasteiger partial charge in [0.25, 0.3) is 0 Å². The number of morpholine rings is 1. The molecule has 2 saturated heterocycles. The van der Waals surface area contributed by atoms with E-state index in [1.165, 1.54) is 0 Å². The van der Waals surface area contributed by atoms with Gasteiger partial charge in [0.2, 0.25) is 0 Å². The summed E-state index contributed by atoms with van der Waals surface area (Å²) in [6.07, 6.45) is 0.735. The van der Waals surface area contributed by atoms with Crippen LogP contribution in [0.3, 0.4) is 0 Å². The second-order valence-electron chi connectivity index (χ2n) is 5.86. The third kappa shape index (κ3) is 3.10. The first-order valence-electron chi connectivity index (χ1n) is 6.23. The predicted octanol–water partition coefficient (Wildman–Crippen LogP) is 0.986. The van der Waals surface area contributed by atoms with Gasteiger partial charge in [0.15, 0.2) is 0 Å². The Balaban J connectivity index is 1.95. The van der Waals surface area contributed by atoms with Crippen LogP contribution < -0.4 is 5.32 Å². The summed E-state index contributed by atoms with van der Waals surface area (Å²) in [6, 6.07) is 0. The van der Waals surface area contributed by atoms with Crippen molar-refractivity contribution in [3.8, 4) is 0 Å². The molecule has 0 aromatic heterocycles. The second-order valence-corrected chi connectivity index (χ2v) is 5.86. The molecule has 1 spiro atoms. The normalized spacial score (nSPS) is 29.7. The minimum atomic E-state index is -0.434. The number of amides is 1. The predicted molar refractivity (Wildman–Crippen MR) is 64.0 cm³/mol. The zero-order valence-corrected chi connectivity index (χ0v) is 10.9. The van der Waals surface area contributed by atoms with Crippen LogP contribution in [0.2, 0.25) is 0 Å². The minimum absolute atomic E-state index is 0.185. The molecule has 98 valence electrons. The van der Waals surface area contributed by atoms with Crippen LogP contribution in [-0.2, 0) is 9.47 Å². The van der Waals surface area contributed by atoms with Gasteiger partial charge in [-0.05, 0) is 33.7 Å². The van der Waals surface area contributed by atoms with Gasteiger partial charge >= 0.3 is 6.09 Å². The highest BCUT2D eigenvalue weighted by Gasteiger charge is 2.41. The van der Waals surface area contributed by atoms with E-state index in [1.54, 1.807) is 4.90 Å². The van der Waals surface area contributed by atoms with E-state index >= 15 is 0 Å². The average Bonchev–Trinajstić information content (AvgIpc) is 2.64. The zero-order valence-electron chi connectivity index (χ0n) is 10.9. The van der Waals surface area contributed by atoms with E-state index < -0.39 is 5.60 Å². The maximum absolute atomic E-state index is 12.0. The van der Waals surface area contributed by atoms with E-state index in [9.17, 15) is 4.79 Å². The van der Waals surface area contributed by atoms with Crippen LogP contribution in [0.4, 0.5) is 4.79 Å². The highest BCUT2D eigenvalue weighted by molar-refractivity contribution is 5.68. The monoisotopic (exact) mass is 242 g/mol. The Morgan fingerprint density at radius 2 is 2.24 bits per heavy atom. The molecule has 0 aromatic rings. The smallest absolute Gasteiger partial charge is 0.410 e. The van der Waals surface area contributed by atoms with Crippen molar-refractivity contribution in [2.45, 2.75) is 38.4 Å². The molecule has 5 nitrogen and oxygen atoms in total. The van der Waals surface area contributed by atoms with Gasteiger partial charge in [-0.2, -0.15) is 0 Å². The molecule has 1 N–H and O–H groups in total. The average molecular weight is 242 g/mol. The Kier molecular flexibility index (Phi) is 3.32. The summed E-state index contributed by atoms with van der Waals surface area (Å²) in [4.78, 5) is 13.7. The SMILES string of the molecule is CC(C)(C)OC(=O)N1CCO[C@]2(CCNC2)C1. The summed E-state index contributed by atoms with van der Waals surface area (Å²) in [6.45, 7) is 9.30. The molecule has 2 aliphatic rings.